The molecular weight excluding hydrogens is 254 g/mol. The molecule has 1 aromatic rings. The topological polar surface area (TPSA) is 58.8 Å². The summed E-state index contributed by atoms with van der Waals surface area (Å²) in [6.07, 6.45) is 2.27. The second-order valence-electron chi connectivity index (χ2n) is 5.40. The lowest BCUT2D eigenvalue weighted by atomic mass is 10.0. The number of amides is 1. The maximum Gasteiger partial charge on any atom is 0.255 e. The Morgan fingerprint density at radius 3 is 2.55 bits per heavy atom. The molecule has 1 amide bonds. The smallest absolute Gasteiger partial charge is 0.255 e. The molecule has 1 fully saturated rings. The van der Waals surface area contributed by atoms with Crippen LogP contribution in [0.25, 0.3) is 0 Å². The molecular formula is C15H23N3O2. The number of rotatable bonds is 3. The van der Waals surface area contributed by atoms with Crippen molar-refractivity contribution >= 4 is 17.3 Å². The van der Waals surface area contributed by atoms with Crippen molar-refractivity contribution in [3.05, 3.63) is 23.8 Å². The Morgan fingerprint density at radius 1 is 1.35 bits per heavy atom. The fourth-order valence-electron chi connectivity index (χ4n) is 2.56. The highest BCUT2D eigenvalue weighted by Gasteiger charge is 2.23. The van der Waals surface area contributed by atoms with Crippen molar-refractivity contribution in [1.29, 1.82) is 0 Å². The first kappa shape index (κ1) is 14.7. The van der Waals surface area contributed by atoms with E-state index in [1.165, 1.54) is 0 Å². The monoisotopic (exact) mass is 277 g/mol. The number of hydrogen-bond donors (Lipinski definition) is 1. The maximum atomic E-state index is 12.3. The van der Waals surface area contributed by atoms with Gasteiger partial charge in [0.05, 0.1) is 17.4 Å². The van der Waals surface area contributed by atoms with Crippen molar-refractivity contribution in [2.45, 2.75) is 18.9 Å². The highest BCUT2D eigenvalue weighted by molar-refractivity contribution is 6.00. The number of piperidine rings is 1. The highest BCUT2D eigenvalue weighted by Crippen LogP contribution is 2.28. The zero-order valence-electron chi connectivity index (χ0n) is 12.4. The van der Waals surface area contributed by atoms with Gasteiger partial charge in [0, 0.05) is 40.0 Å². The number of nitrogens with zero attached hydrogens (tertiary/aromatic N) is 2. The second-order valence-corrected chi connectivity index (χ2v) is 5.40. The summed E-state index contributed by atoms with van der Waals surface area (Å²) in [7, 11) is 5.28. The Hall–Kier alpha value is -1.75. The first-order valence-corrected chi connectivity index (χ1v) is 6.92. The first-order chi connectivity index (χ1) is 9.52. The van der Waals surface area contributed by atoms with Crippen LogP contribution in [0.2, 0.25) is 0 Å². The molecule has 20 heavy (non-hydrogen) atoms. The van der Waals surface area contributed by atoms with Crippen molar-refractivity contribution in [3.8, 4) is 0 Å². The van der Waals surface area contributed by atoms with E-state index in [0.717, 1.165) is 31.6 Å². The summed E-state index contributed by atoms with van der Waals surface area (Å²) >= 11 is 0. The lowest BCUT2D eigenvalue weighted by molar-refractivity contribution is 0.0811. The molecule has 5 heteroatoms. The lowest BCUT2D eigenvalue weighted by Gasteiger charge is -2.34. The van der Waals surface area contributed by atoms with Crippen LogP contribution >= 0.6 is 0 Å². The van der Waals surface area contributed by atoms with Gasteiger partial charge in [-0.1, -0.05) is 0 Å². The molecule has 1 heterocycles. The number of ether oxygens (including phenoxy) is 1. The fourth-order valence-corrected chi connectivity index (χ4v) is 2.56. The Bertz CT molecular complexity index is 480. The van der Waals surface area contributed by atoms with Gasteiger partial charge in [0.1, 0.15) is 0 Å². The normalized spacial score (nSPS) is 16.2. The number of anilines is 2. The SMILES string of the molecule is COC1CCN(c2cc(N)ccc2C(=O)N(C)C)CC1. The van der Waals surface area contributed by atoms with Crippen LogP contribution in [0, 0.1) is 0 Å². The van der Waals surface area contributed by atoms with Crippen molar-refractivity contribution in [3.63, 3.8) is 0 Å². The summed E-state index contributed by atoms with van der Waals surface area (Å²) in [5, 5.41) is 0. The maximum absolute atomic E-state index is 12.3. The van der Waals surface area contributed by atoms with Gasteiger partial charge < -0.3 is 20.3 Å². The first-order valence-electron chi connectivity index (χ1n) is 6.92. The lowest BCUT2D eigenvalue weighted by Crippen LogP contribution is -2.38. The molecule has 0 aromatic heterocycles. The van der Waals surface area contributed by atoms with E-state index >= 15 is 0 Å². The fraction of sp³-hybridized carbons (Fsp3) is 0.533. The number of nitrogen functional groups attached to an aromatic ring is 1. The summed E-state index contributed by atoms with van der Waals surface area (Å²) in [5.74, 6) is 0.00821. The molecule has 1 aliphatic rings. The van der Waals surface area contributed by atoms with Gasteiger partial charge in [0.15, 0.2) is 0 Å². The Labute approximate surface area is 120 Å². The van der Waals surface area contributed by atoms with Gasteiger partial charge in [-0.3, -0.25) is 4.79 Å². The minimum Gasteiger partial charge on any atom is -0.399 e. The van der Waals surface area contributed by atoms with Crippen LogP contribution in [-0.4, -0.2) is 51.2 Å². The van der Waals surface area contributed by atoms with Crippen molar-refractivity contribution < 1.29 is 9.53 Å². The molecule has 0 atom stereocenters. The largest absolute Gasteiger partial charge is 0.399 e. The zero-order chi connectivity index (χ0) is 14.7. The molecule has 5 nitrogen and oxygen atoms in total. The molecule has 2 N–H and O–H groups in total. The summed E-state index contributed by atoms with van der Waals surface area (Å²) in [6.45, 7) is 1.77. The van der Waals surface area contributed by atoms with Gasteiger partial charge in [-0.2, -0.15) is 0 Å². The number of carbonyl (C=O) groups excluding carboxylic acids is 1. The van der Waals surface area contributed by atoms with Crippen LogP contribution in [0.3, 0.4) is 0 Å². The van der Waals surface area contributed by atoms with Crippen molar-refractivity contribution in [2.75, 3.05) is 44.9 Å². The van der Waals surface area contributed by atoms with E-state index in [-0.39, 0.29) is 5.91 Å². The third-order valence-electron chi connectivity index (χ3n) is 3.77. The molecule has 2 rings (SSSR count). The quantitative estimate of drug-likeness (QED) is 0.852. The Morgan fingerprint density at radius 2 is 2.00 bits per heavy atom. The van der Waals surface area contributed by atoms with Crippen LogP contribution in [0.4, 0.5) is 11.4 Å². The minimum atomic E-state index is 0.00821. The van der Waals surface area contributed by atoms with Crippen LogP contribution in [0.5, 0.6) is 0 Å². The number of benzene rings is 1. The number of carbonyl (C=O) groups is 1. The molecule has 0 unspecified atom stereocenters. The van der Waals surface area contributed by atoms with Gasteiger partial charge in [-0.15, -0.1) is 0 Å². The standard InChI is InChI=1S/C15H23N3O2/c1-17(2)15(19)13-5-4-11(16)10-14(13)18-8-6-12(20-3)7-9-18/h4-5,10,12H,6-9,16H2,1-3H3. The van der Waals surface area contributed by atoms with E-state index < -0.39 is 0 Å². The van der Waals surface area contributed by atoms with Crippen LogP contribution in [-0.2, 0) is 4.74 Å². The Balaban J connectivity index is 2.26. The molecule has 0 saturated carbocycles. The van der Waals surface area contributed by atoms with E-state index in [4.69, 9.17) is 10.5 Å². The molecule has 0 bridgehead atoms. The molecule has 1 aromatic carbocycles. The number of methoxy groups -OCH3 is 1. The molecule has 1 aliphatic heterocycles. The summed E-state index contributed by atoms with van der Waals surface area (Å²) in [5.41, 5.74) is 8.21. The third-order valence-corrected chi connectivity index (χ3v) is 3.77. The minimum absolute atomic E-state index is 0.00821. The average Bonchev–Trinajstić information content (AvgIpc) is 2.46. The highest BCUT2D eigenvalue weighted by atomic mass is 16.5. The van der Waals surface area contributed by atoms with Gasteiger partial charge in [0.2, 0.25) is 0 Å². The third kappa shape index (κ3) is 3.04. The van der Waals surface area contributed by atoms with E-state index in [1.54, 1.807) is 32.2 Å². The predicted molar refractivity (Wildman–Crippen MR) is 81.1 cm³/mol. The van der Waals surface area contributed by atoms with Crippen LogP contribution < -0.4 is 10.6 Å². The van der Waals surface area contributed by atoms with Crippen LogP contribution in [0.1, 0.15) is 23.2 Å². The van der Waals surface area contributed by atoms with E-state index in [9.17, 15) is 4.79 Å². The van der Waals surface area contributed by atoms with E-state index in [1.807, 2.05) is 12.1 Å². The molecule has 0 aliphatic carbocycles. The van der Waals surface area contributed by atoms with Crippen molar-refractivity contribution in [2.24, 2.45) is 0 Å². The van der Waals surface area contributed by atoms with E-state index in [2.05, 4.69) is 4.90 Å². The summed E-state index contributed by atoms with van der Waals surface area (Å²) in [6, 6.07) is 5.49. The second kappa shape index (κ2) is 6.13. The van der Waals surface area contributed by atoms with Gasteiger partial charge in [-0.25, -0.2) is 0 Å². The number of nitrogens with two attached hydrogens (primary N) is 1. The van der Waals surface area contributed by atoms with E-state index in [0.29, 0.717) is 17.4 Å². The van der Waals surface area contributed by atoms with Crippen LogP contribution in [0.15, 0.2) is 18.2 Å². The molecule has 0 spiro atoms. The molecule has 0 radical (unpaired) electrons. The Kier molecular flexibility index (Phi) is 4.49. The molecule has 110 valence electrons. The predicted octanol–water partition coefficient (Wildman–Crippen LogP) is 1.59. The summed E-state index contributed by atoms with van der Waals surface area (Å²) in [4.78, 5) is 16.1. The number of hydrogen-bond acceptors (Lipinski definition) is 4. The van der Waals surface area contributed by atoms with Crippen molar-refractivity contribution in [1.82, 2.24) is 4.90 Å². The van der Waals surface area contributed by atoms with Gasteiger partial charge in [0.25, 0.3) is 5.91 Å². The van der Waals surface area contributed by atoms with Gasteiger partial charge >= 0.3 is 0 Å². The zero-order valence-corrected chi connectivity index (χ0v) is 12.4. The average molecular weight is 277 g/mol. The summed E-state index contributed by atoms with van der Waals surface area (Å²) < 4.78 is 5.39. The van der Waals surface area contributed by atoms with Gasteiger partial charge in [-0.05, 0) is 31.0 Å². The molecule has 1 saturated heterocycles.